The number of piperidine rings is 3. The smallest absolute Gasteiger partial charge is 0.412 e. The summed E-state index contributed by atoms with van der Waals surface area (Å²) in [4.78, 5) is 32.7. The number of esters is 1. The summed E-state index contributed by atoms with van der Waals surface area (Å²) >= 11 is 0. The number of aromatic nitrogens is 1. The highest BCUT2D eigenvalue weighted by atomic mass is 16.6. The van der Waals surface area contributed by atoms with Crippen molar-refractivity contribution in [3.8, 4) is 5.75 Å². The highest BCUT2D eigenvalue weighted by Crippen LogP contribution is 2.44. The van der Waals surface area contributed by atoms with E-state index < -0.39 is 23.8 Å². The fraction of sp³-hybridized carbons (Fsp3) is 0.406. The molecule has 3 aliphatic rings. The lowest BCUT2D eigenvalue weighted by atomic mass is 9.73. The summed E-state index contributed by atoms with van der Waals surface area (Å²) in [5.74, 6) is 1.25. The summed E-state index contributed by atoms with van der Waals surface area (Å²) in [7, 11) is 1.64. The Kier molecular flexibility index (Phi) is 7.81. The summed E-state index contributed by atoms with van der Waals surface area (Å²) in [6.07, 6.45) is 4.81. The van der Waals surface area contributed by atoms with E-state index in [1.165, 1.54) is 0 Å². The molecule has 4 heterocycles. The summed E-state index contributed by atoms with van der Waals surface area (Å²) in [6.45, 7) is 11.3. The van der Waals surface area contributed by atoms with Crippen molar-refractivity contribution in [2.45, 2.75) is 51.4 Å². The quantitative estimate of drug-likeness (QED) is 0.273. The summed E-state index contributed by atoms with van der Waals surface area (Å²) in [5, 5.41) is 3.60. The van der Waals surface area contributed by atoms with Crippen molar-refractivity contribution >= 4 is 28.7 Å². The van der Waals surface area contributed by atoms with Crippen LogP contribution in [-0.4, -0.2) is 53.8 Å². The molecule has 2 aromatic carbocycles. The topological polar surface area (TPSA) is 90.0 Å². The predicted molar refractivity (Wildman–Crippen MR) is 155 cm³/mol. The molecule has 1 unspecified atom stereocenters. The van der Waals surface area contributed by atoms with Gasteiger partial charge in [0, 0.05) is 29.4 Å². The fourth-order valence-electron chi connectivity index (χ4n) is 5.86. The van der Waals surface area contributed by atoms with Gasteiger partial charge >= 0.3 is 12.1 Å². The number of anilines is 1. The van der Waals surface area contributed by atoms with E-state index in [1.54, 1.807) is 58.3 Å². The van der Waals surface area contributed by atoms with Gasteiger partial charge in [-0.3, -0.25) is 15.2 Å². The number of carbonyl (C=O) groups is 2. The maximum absolute atomic E-state index is 13.6. The van der Waals surface area contributed by atoms with E-state index in [-0.39, 0.29) is 6.04 Å². The Hall–Kier alpha value is -3.91. The molecule has 6 rings (SSSR count). The van der Waals surface area contributed by atoms with E-state index >= 15 is 0 Å². The summed E-state index contributed by atoms with van der Waals surface area (Å²) in [5.41, 5.74) is 2.05. The second-order valence-electron chi connectivity index (χ2n) is 11.6. The highest BCUT2D eigenvalue weighted by Gasteiger charge is 2.44. The Balaban J connectivity index is 1.43. The average molecular weight is 544 g/mol. The van der Waals surface area contributed by atoms with Crippen LogP contribution < -0.4 is 10.1 Å². The number of methoxy groups -OCH3 is 1. The lowest BCUT2D eigenvalue weighted by Gasteiger charge is -2.51. The number of fused-ring (bicyclic) bond motifs is 4. The molecular weight excluding hydrogens is 506 g/mol. The first-order chi connectivity index (χ1) is 19.1. The number of rotatable bonds is 7. The van der Waals surface area contributed by atoms with Crippen molar-refractivity contribution in [1.82, 2.24) is 9.88 Å². The van der Waals surface area contributed by atoms with E-state index in [1.807, 2.05) is 24.3 Å². The van der Waals surface area contributed by atoms with E-state index in [4.69, 9.17) is 14.2 Å². The molecular formula is C32H37N3O5. The van der Waals surface area contributed by atoms with Crippen molar-refractivity contribution in [3.05, 3.63) is 78.5 Å². The minimum atomic E-state index is -0.607. The molecule has 8 nitrogen and oxygen atoms in total. The Morgan fingerprint density at radius 3 is 2.58 bits per heavy atom. The van der Waals surface area contributed by atoms with Crippen LogP contribution in [0.3, 0.4) is 0 Å². The normalized spacial score (nSPS) is 22.8. The van der Waals surface area contributed by atoms with Gasteiger partial charge in [0.1, 0.15) is 17.5 Å². The van der Waals surface area contributed by atoms with Gasteiger partial charge in [-0.1, -0.05) is 6.08 Å². The van der Waals surface area contributed by atoms with Crippen molar-refractivity contribution in [1.29, 1.82) is 0 Å². The molecule has 3 aromatic rings. The largest absolute Gasteiger partial charge is 0.497 e. The monoisotopic (exact) mass is 543 g/mol. The Bertz CT molecular complexity index is 1400. The number of hydrogen-bond acceptors (Lipinski definition) is 7. The van der Waals surface area contributed by atoms with Crippen LogP contribution >= 0.6 is 0 Å². The van der Waals surface area contributed by atoms with Crippen LogP contribution in [0.1, 0.15) is 55.6 Å². The molecule has 1 amide bonds. The third-order valence-corrected chi connectivity index (χ3v) is 7.79. The van der Waals surface area contributed by atoms with E-state index in [9.17, 15) is 9.59 Å². The molecule has 40 heavy (non-hydrogen) atoms. The zero-order valence-corrected chi connectivity index (χ0v) is 23.6. The molecule has 0 saturated carbocycles. The standard InChI is InChI=1S/C32H37N3O5/c1-6-20-19-35-16-14-22(20)17-28(35)29(25-13-15-33-27-12-11-24(38-5)18-26(25)27)39-30(36)21-7-9-23(10-8-21)34-31(37)40-32(2,3)4/h6-13,15,18,20,22,28-29H,1,14,16-17,19H2,2-5H3,(H,34,37)/t20-,22+,28+,29+/m0/s1. The third kappa shape index (κ3) is 5.97. The minimum absolute atomic E-state index is 0.0313. The van der Waals surface area contributed by atoms with Crippen LogP contribution in [0.2, 0.25) is 0 Å². The van der Waals surface area contributed by atoms with Gasteiger partial charge in [-0.25, -0.2) is 9.59 Å². The number of nitrogens with zero attached hydrogens (tertiary/aromatic N) is 2. The number of benzene rings is 2. The van der Waals surface area contributed by atoms with Crippen molar-refractivity contribution in [2.24, 2.45) is 11.8 Å². The second-order valence-corrected chi connectivity index (χ2v) is 11.6. The molecule has 1 N–H and O–H groups in total. The molecule has 1 aromatic heterocycles. The highest BCUT2D eigenvalue weighted by molar-refractivity contribution is 5.92. The molecule has 8 heteroatoms. The van der Waals surface area contributed by atoms with Crippen LogP contribution in [0.4, 0.5) is 10.5 Å². The number of hydrogen-bond donors (Lipinski definition) is 1. The molecule has 0 aliphatic carbocycles. The number of amides is 1. The number of carbonyl (C=O) groups excluding carboxylic acids is 2. The first-order valence-electron chi connectivity index (χ1n) is 13.8. The summed E-state index contributed by atoms with van der Waals surface area (Å²) < 4.78 is 17.2. The van der Waals surface area contributed by atoms with Crippen LogP contribution in [0.5, 0.6) is 5.75 Å². The number of nitrogens with one attached hydrogen (secondary N) is 1. The maximum Gasteiger partial charge on any atom is 0.412 e. The van der Waals surface area contributed by atoms with Gasteiger partial charge in [0.2, 0.25) is 0 Å². The Morgan fingerprint density at radius 2 is 1.93 bits per heavy atom. The second kappa shape index (κ2) is 11.3. The zero-order chi connectivity index (χ0) is 28.4. The Labute approximate surface area is 235 Å². The van der Waals surface area contributed by atoms with Crippen LogP contribution in [0, 0.1) is 11.8 Å². The molecule has 5 atom stereocenters. The van der Waals surface area contributed by atoms with E-state index in [0.717, 1.165) is 48.1 Å². The van der Waals surface area contributed by atoms with Gasteiger partial charge in [0.25, 0.3) is 0 Å². The average Bonchev–Trinajstić information content (AvgIpc) is 2.94. The van der Waals surface area contributed by atoms with Gasteiger partial charge in [-0.2, -0.15) is 0 Å². The van der Waals surface area contributed by atoms with Crippen molar-refractivity contribution in [3.63, 3.8) is 0 Å². The molecule has 0 radical (unpaired) electrons. The molecule has 0 spiro atoms. The number of pyridine rings is 1. The first kappa shape index (κ1) is 27.6. The van der Waals surface area contributed by atoms with Gasteiger partial charge in [-0.15, -0.1) is 6.58 Å². The van der Waals surface area contributed by atoms with Crippen molar-refractivity contribution in [2.75, 3.05) is 25.5 Å². The van der Waals surface area contributed by atoms with Crippen LogP contribution in [0.25, 0.3) is 10.9 Å². The maximum atomic E-state index is 13.6. The minimum Gasteiger partial charge on any atom is -0.497 e. The summed E-state index contributed by atoms with van der Waals surface area (Å²) in [6, 6.07) is 14.4. The third-order valence-electron chi connectivity index (χ3n) is 7.79. The predicted octanol–water partition coefficient (Wildman–Crippen LogP) is 6.38. The van der Waals surface area contributed by atoms with Gasteiger partial charge in [0.05, 0.1) is 24.2 Å². The van der Waals surface area contributed by atoms with Gasteiger partial charge < -0.3 is 14.2 Å². The fourth-order valence-corrected chi connectivity index (χ4v) is 5.86. The lowest BCUT2D eigenvalue weighted by Crippen LogP contribution is -2.55. The molecule has 3 aliphatic heterocycles. The van der Waals surface area contributed by atoms with E-state index in [2.05, 4.69) is 27.9 Å². The molecule has 3 saturated heterocycles. The molecule has 210 valence electrons. The first-order valence-corrected chi connectivity index (χ1v) is 13.8. The van der Waals surface area contributed by atoms with Crippen LogP contribution in [0.15, 0.2) is 67.4 Å². The van der Waals surface area contributed by atoms with Crippen molar-refractivity contribution < 1.29 is 23.8 Å². The van der Waals surface area contributed by atoms with E-state index in [0.29, 0.717) is 23.1 Å². The number of ether oxygens (including phenoxy) is 3. The lowest BCUT2D eigenvalue weighted by molar-refractivity contribution is -0.0568. The Morgan fingerprint density at radius 1 is 1.15 bits per heavy atom. The van der Waals surface area contributed by atoms with Gasteiger partial charge in [-0.05, 0) is 101 Å². The van der Waals surface area contributed by atoms with Crippen LogP contribution in [-0.2, 0) is 9.47 Å². The molecule has 3 fully saturated rings. The SMILES string of the molecule is C=C[C@H]1CN2CC[C@@H]1C[C@@H]2[C@H](OC(=O)c1ccc(NC(=O)OC(C)(C)C)cc1)c1ccnc2ccc(OC)cc12. The van der Waals surface area contributed by atoms with Gasteiger partial charge in [0.15, 0.2) is 0 Å². The zero-order valence-electron chi connectivity index (χ0n) is 23.6. The molecule has 2 bridgehead atoms.